The van der Waals surface area contributed by atoms with E-state index in [0.717, 1.165) is 0 Å². The Bertz CT molecular complexity index is 605. The van der Waals surface area contributed by atoms with Gasteiger partial charge in [-0.25, -0.2) is 9.78 Å². The van der Waals surface area contributed by atoms with Crippen LogP contribution >= 0.6 is 0 Å². The van der Waals surface area contributed by atoms with Gasteiger partial charge in [-0.15, -0.1) is 5.10 Å². The second-order valence-electron chi connectivity index (χ2n) is 3.19. The molecule has 17 heavy (non-hydrogen) atoms. The van der Waals surface area contributed by atoms with Crippen LogP contribution in [-0.2, 0) is 6.18 Å². The maximum absolute atomic E-state index is 12.6. The molecule has 0 fully saturated rings. The minimum Gasteiger partial charge on any atom is -0.476 e. The van der Waals surface area contributed by atoms with E-state index in [0.29, 0.717) is 10.7 Å². The minimum absolute atomic E-state index is 0.138. The molecule has 2 aromatic heterocycles. The van der Waals surface area contributed by atoms with Gasteiger partial charge in [0, 0.05) is 6.20 Å². The third-order valence-electron chi connectivity index (χ3n) is 1.98. The van der Waals surface area contributed by atoms with E-state index in [2.05, 4.69) is 15.1 Å². The predicted molar refractivity (Wildman–Crippen MR) is 47.5 cm³/mol. The molecule has 0 aromatic carbocycles. The Balaban J connectivity index is 2.86. The molecule has 0 aliphatic carbocycles. The molecular weight excluding hydrogens is 241 g/mol. The summed E-state index contributed by atoms with van der Waals surface area (Å²) in [7, 11) is 0. The van der Waals surface area contributed by atoms with Crippen LogP contribution in [0.1, 0.15) is 21.9 Å². The van der Waals surface area contributed by atoms with Crippen molar-refractivity contribution in [1.29, 1.82) is 0 Å². The van der Waals surface area contributed by atoms with E-state index in [-0.39, 0.29) is 11.6 Å². The van der Waals surface area contributed by atoms with Crippen LogP contribution in [0.3, 0.4) is 0 Å². The maximum atomic E-state index is 12.6. The van der Waals surface area contributed by atoms with Crippen LogP contribution in [0.15, 0.2) is 6.20 Å². The molecule has 0 aliphatic rings. The zero-order valence-electron chi connectivity index (χ0n) is 8.36. The molecule has 0 radical (unpaired) electrons. The molecule has 9 heteroatoms. The third kappa shape index (κ3) is 1.79. The number of alkyl halides is 3. The Hall–Kier alpha value is -2.19. The molecule has 2 heterocycles. The summed E-state index contributed by atoms with van der Waals surface area (Å²) in [4.78, 5) is 18.0. The van der Waals surface area contributed by atoms with Gasteiger partial charge in [-0.05, 0) is 6.92 Å². The van der Waals surface area contributed by atoms with Crippen molar-refractivity contribution < 1.29 is 23.1 Å². The summed E-state index contributed by atoms with van der Waals surface area (Å²) in [5.41, 5.74) is -2.36. The van der Waals surface area contributed by atoms with E-state index in [9.17, 15) is 18.0 Å². The molecular formula is C8H5F3N4O2. The van der Waals surface area contributed by atoms with Crippen molar-refractivity contribution in [2.45, 2.75) is 13.1 Å². The van der Waals surface area contributed by atoms with Gasteiger partial charge >= 0.3 is 12.1 Å². The fraction of sp³-hybridized carbons (Fsp3) is 0.250. The first-order valence-corrected chi connectivity index (χ1v) is 4.33. The minimum atomic E-state index is -4.81. The summed E-state index contributed by atoms with van der Waals surface area (Å²) in [6, 6.07) is 0. The number of hydrogen-bond donors (Lipinski definition) is 1. The van der Waals surface area contributed by atoms with Gasteiger partial charge in [0.2, 0.25) is 0 Å². The van der Waals surface area contributed by atoms with Crippen molar-refractivity contribution in [3.05, 3.63) is 23.3 Å². The molecule has 0 unspecified atom stereocenters. The normalized spacial score (nSPS) is 12.0. The maximum Gasteiger partial charge on any atom is 0.420 e. The predicted octanol–water partition coefficient (Wildman–Crippen LogP) is 1.15. The highest BCUT2D eigenvalue weighted by atomic mass is 19.4. The lowest BCUT2D eigenvalue weighted by molar-refractivity contribution is -0.138. The highest BCUT2D eigenvalue weighted by Gasteiger charge is 2.38. The largest absolute Gasteiger partial charge is 0.476 e. The zero-order valence-corrected chi connectivity index (χ0v) is 8.36. The number of fused-ring (bicyclic) bond motifs is 1. The van der Waals surface area contributed by atoms with E-state index in [4.69, 9.17) is 5.11 Å². The monoisotopic (exact) mass is 246 g/mol. The molecule has 0 amide bonds. The zero-order chi connectivity index (χ0) is 12.8. The molecule has 90 valence electrons. The summed E-state index contributed by atoms with van der Waals surface area (Å²) >= 11 is 0. The first-order valence-electron chi connectivity index (χ1n) is 4.33. The SMILES string of the molecule is Cc1nc2ncc(C(F)(F)F)c(C(=O)O)n2n1. The van der Waals surface area contributed by atoms with E-state index < -0.39 is 23.4 Å². The van der Waals surface area contributed by atoms with E-state index in [1.165, 1.54) is 6.92 Å². The number of carboxylic acid groups (broad SMARTS) is 1. The van der Waals surface area contributed by atoms with Gasteiger partial charge in [-0.3, -0.25) is 0 Å². The lowest BCUT2D eigenvalue weighted by Gasteiger charge is -2.09. The Morgan fingerprint density at radius 1 is 1.47 bits per heavy atom. The highest BCUT2D eigenvalue weighted by Crippen LogP contribution is 2.31. The Kier molecular flexibility index (Phi) is 2.26. The van der Waals surface area contributed by atoms with Crippen molar-refractivity contribution in [2.75, 3.05) is 0 Å². The molecule has 0 saturated heterocycles. The molecule has 0 spiro atoms. The van der Waals surface area contributed by atoms with Crippen LogP contribution in [-0.4, -0.2) is 30.7 Å². The van der Waals surface area contributed by atoms with Gasteiger partial charge in [-0.1, -0.05) is 0 Å². The van der Waals surface area contributed by atoms with Gasteiger partial charge in [0.1, 0.15) is 11.4 Å². The van der Waals surface area contributed by atoms with Crippen LogP contribution in [0, 0.1) is 6.92 Å². The number of rotatable bonds is 1. The molecule has 2 rings (SSSR count). The molecule has 6 nitrogen and oxygen atoms in total. The van der Waals surface area contributed by atoms with Crippen molar-refractivity contribution in [2.24, 2.45) is 0 Å². The number of hydrogen-bond acceptors (Lipinski definition) is 4. The number of aromatic nitrogens is 4. The molecule has 0 atom stereocenters. The van der Waals surface area contributed by atoms with E-state index >= 15 is 0 Å². The Morgan fingerprint density at radius 3 is 2.65 bits per heavy atom. The van der Waals surface area contributed by atoms with Crippen molar-refractivity contribution in [1.82, 2.24) is 19.6 Å². The third-order valence-corrected chi connectivity index (χ3v) is 1.98. The van der Waals surface area contributed by atoms with Crippen LogP contribution in [0.4, 0.5) is 13.2 Å². The van der Waals surface area contributed by atoms with Gasteiger partial charge in [0.25, 0.3) is 5.78 Å². The fourth-order valence-electron chi connectivity index (χ4n) is 1.35. The molecule has 0 aliphatic heterocycles. The average molecular weight is 246 g/mol. The Morgan fingerprint density at radius 2 is 2.12 bits per heavy atom. The van der Waals surface area contributed by atoms with Gasteiger partial charge < -0.3 is 5.11 Å². The summed E-state index contributed by atoms with van der Waals surface area (Å²) in [6.45, 7) is 1.42. The Labute approximate surface area is 91.7 Å². The molecule has 0 saturated carbocycles. The second-order valence-corrected chi connectivity index (χ2v) is 3.19. The molecule has 1 N–H and O–H groups in total. The summed E-state index contributed by atoms with van der Waals surface area (Å²) in [6.07, 6.45) is -4.37. The van der Waals surface area contributed by atoms with Crippen LogP contribution in [0.2, 0.25) is 0 Å². The number of aryl methyl sites for hydroxylation is 1. The lowest BCUT2D eigenvalue weighted by atomic mass is 10.2. The topological polar surface area (TPSA) is 80.4 Å². The summed E-state index contributed by atoms with van der Waals surface area (Å²) < 4.78 is 38.3. The number of aromatic carboxylic acids is 1. The van der Waals surface area contributed by atoms with Crippen molar-refractivity contribution >= 4 is 11.7 Å². The first kappa shape index (κ1) is 11.3. The lowest BCUT2D eigenvalue weighted by Crippen LogP contribution is -2.18. The second kappa shape index (κ2) is 3.40. The fourth-order valence-corrected chi connectivity index (χ4v) is 1.35. The molecule has 2 aromatic rings. The smallest absolute Gasteiger partial charge is 0.420 e. The number of carbonyl (C=O) groups is 1. The van der Waals surface area contributed by atoms with E-state index in [1.807, 2.05) is 0 Å². The van der Waals surface area contributed by atoms with Crippen molar-refractivity contribution in [3.8, 4) is 0 Å². The standard InChI is InChI=1S/C8H5F3N4O2/c1-3-13-7-12-2-4(8(9,10)11)5(6(16)17)15(7)14-3/h2H,1H3,(H,16,17). The summed E-state index contributed by atoms with van der Waals surface area (Å²) in [5, 5.41) is 12.4. The number of carboxylic acids is 1. The molecule has 0 bridgehead atoms. The van der Waals surface area contributed by atoms with Crippen LogP contribution in [0.5, 0.6) is 0 Å². The average Bonchev–Trinajstić information content (AvgIpc) is 2.53. The highest BCUT2D eigenvalue weighted by molar-refractivity contribution is 5.88. The van der Waals surface area contributed by atoms with Crippen molar-refractivity contribution in [3.63, 3.8) is 0 Å². The van der Waals surface area contributed by atoms with Crippen LogP contribution in [0.25, 0.3) is 5.78 Å². The number of nitrogens with zero attached hydrogens (tertiary/aromatic N) is 4. The van der Waals surface area contributed by atoms with Gasteiger partial charge in [0.05, 0.1) is 0 Å². The van der Waals surface area contributed by atoms with E-state index in [1.54, 1.807) is 0 Å². The van der Waals surface area contributed by atoms with Gasteiger partial charge in [-0.2, -0.15) is 22.7 Å². The van der Waals surface area contributed by atoms with Crippen LogP contribution < -0.4 is 0 Å². The summed E-state index contributed by atoms with van der Waals surface area (Å²) in [5.74, 6) is -1.79. The quantitative estimate of drug-likeness (QED) is 0.816. The first-order chi connectivity index (χ1) is 7.80. The van der Waals surface area contributed by atoms with Gasteiger partial charge in [0.15, 0.2) is 5.69 Å². The number of halogens is 3.